The first-order valence-electron chi connectivity index (χ1n) is 27.7. The Morgan fingerprint density at radius 2 is 0.859 bits per heavy atom. The van der Waals surface area contributed by atoms with E-state index in [2.05, 4.69) is 234 Å². The molecule has 6 aliphatic heterocycles. The Hall–Kier alpha value is -8.81. The average molecular weight is 1000 g/mol. The zero-order chi connectivity index (χ0) is 52.5. The second-order valence-electron chi connectivity index (χ2n) is 23.5. The molecule has 10 aromatic carbocycles. The van der Waals surface area contributed by atoms with Crippen molar-refractivity contribution in [1.29, 1.82) is 0 Å². The van der Waals surface area contributed by atoms with Gasteiger partial charge in [-0.3, -0.25) is 0 Å². The van der Waals surface area contributed by atoms with Crippen LogP contribution in [0.3, 0.4) is 0 Å². The lowest BCUT2D eigenvalue weighted by Gasteiger charge is -2.44. The molecule has 0 saturated carbocycles. The highest BCUT2D eigenvalue weighted by Gasteiger charge is 2.49. The van der Waals surface area contributed by atoms with E-state index in [9.17, 15) is 0 Å². The van der Waals surface area contributed by atoms with Gasteiger partial charge in [0.25, 0.3) is 20.1 Å². The molecule has 1 aromatic heterocycles. The van der Waals surface area contributed by atoms with Crippen molar-refractivity contribution in [3.05, 3.63) is 202 Å². The van der Waals surface area contributed by atoms with E-state index in [4.69, 9.17) is 9.47 Å². The number of hydrogen-bond acceptors (Lipinski definition) is 5. The van der Waals surface area contributed by atoms with Gasteiger partial charge in [0.1, 0.15) is 23.0 Å². The van der Waals surface area contributed by atoms with Crippen molar-refractivity contribution in [3.8, 4) is 28.7 Å². The molecule has 6 nitrogen and oxygen atoms in total. The van der Waals surface area contributed by atoms with Crippen molar-refractivity contribution < 1.29 is 9.47 Å². The molecular weight excluding hydrogens is 949 g/mol. The van der Waals surface area contributed by atoms with Gasteiger partial charge in [-0.05, 0) is 205 Å². The topological polar surface area (TPSA) is 41.9 Å². The van der Waals surface area contributed by atoms with Crippen molar-refractivity contribution >= 4 is 137 Å². The summed E-state index contributed by atoms with van der Waals surface area (Å²) in [6, 6.07) is 58.1. The molecule has 78 heavy (non-hydrogen) atoms. The number of nitrogens with zero attached hydrogens (tertiary/aromatic N) is 3. The summed E-state index contributed by atoms with van der Waals surface area (Å²) in [5.74, 6) is 3.62. The molecule has 0 spiro atoms. The minimum absolute atomic E-state index is 0.0117. The fourth-order valence-electron chi connectivity index (χ4n) is 15.7. The molecule has 0 saturated heterocycles. The summed E-state index contributed by atoms with van der Waals surface area (Å²) in [5, 5.41) is 6.71. The van der Waals surface area contributed by atoms with Crippen LogP contribution in [0.4, 0.5) is 45.5 Å². The number of para-hydroxylation sites is 3. The van der Waals surface area contributed by atoms with Crippen LogP contribution < -0.4 is 73.8 Å². The van der Waals surface area contributed by atoms with Crippen LogP contribution in [-0.2, 0) is 0 Å². The third-order valence-corrected chi connectivity index (χ3v) is 18.2. The largest absolute Gasteiger partial charge is 0.458 e. The third-order valence-electron chi connectivity index (χ3n) is 18.2. The standard InChI is InChI=1S/C69H53B3N4O2/c1-35-21-40(6)67(41(7)22-35)75-55-33-52-48(71-47-18-14-16-45-44-15-10-12-19-54(44)74(69(45)47)57-26-37(3)25-53(73-52)64(57)71)31-49(55)72-51-32-50-56(34-61(51)78-63-30-39(5)28-59(75)66(63)72)76(68-42(8)23-36(2)24-43(68)9)58-27-38(4)29-62-65(58)70(50)46-17-11-13-20-60(46)77-62/h10-34,73H,1-9H3. The van der Waals surface area contributed by atoms with E-state index < -0.39 is 0 Å². The lowest BCUT2D eigenvalue weighted by molar-refractivity contribution is 0.486. The summed E-state index contributed by atoms with van der Waals surface area (Å²) in [7, 11) is 0. The molecule has 9 heteroatoms. The normalized spacial score (nSPS) is 14.1. The van der Waals surface area contributed by atoms with Crippen LogP contribution >= 0.6 is 0 Å². The van der Waals surface area contributed by atoms with E-state index in [0.29, 0.717) is 0 Å². The Morgan fingerprint density at radius 1 is 0.346 bits per heavy atom. The van der Waals surface area contributed by atoms with Gasteiger partial charge >= 0.3 is 0 Å². The van der Waals surface area contributed by atoms with Gasteiger partial charge in [-0.15, -0.1) is 0 Å². The van der Waals surface area contributed by atoms with Crippen LogP contribution in [0.25, 0.3) is 27.5 Å². The molecule has 0 radical (unpaired) electrons. The van der Waals surface area contributed by atoms with Crippen molar-refractivity contribution in [1.82, 2.24) is 4.57 Å². The predicted molar refractivity (Wildman–Crippen MR) is 330 cm³/mol. The first kappa shape index (κ1) is 44.3. The maximum Gasteiger partial charge on any atom is 0.256 e. The molecule has 11 aromatic rings. The quantitative estimate of drug-likeness (QED) is 0.175. The lowest BCUT2D eigenvalue weighted by atomic mass is 9.29. The fourth-order valence-corrected chi connectivity index (χ4v) is 15.7. The van der Waals surface area contributed by atoms with Crippen molar-refractivity contribution in [3.63, 3.8) is 0 Å². The number of rotatable bonds is 2. The number of fused-ring (bicyclic) bond motifs is 15. The fraction of sp³-hybridized carbons (Fsp3) is 0.130. The Labute approximate surface area is 456 Å². The second kappa shape index (κ2) is 15.2. The van der Waals surface area contributed by atoms with Gasteiger partial charge in [0, 0.05) is 62.2 Å². The van der Waals surface area contributed by atoms with Crippen molar-refractivity contribution in [2.75, 3.05) is 15.1 Å². The maximum atomic E-state index is 7.55. The van der Waals surface area contributed by atoms with Crippen LogP contribution in [0.15, 0.2) is 152 Å². The van der Waals surface area contributed by atoms with E-state index in [-0.39, 0.29) is 20.1 Å². The van der Waals surface area contributed by atoms with Crippen LogP contribution in [0, 0.1) is 62.3 Å². The molecule has 0 bridgehead atoms. The first-order valence-corrected chi connectivity index (χ1v) is 27.7. The molecule has 6 aliphatic rings. The van der Waals surface area contributed by atoms with Gasteiger partial charge in [0.05, 0.1) is 16.9 Å². The summed E-state index contributed by atoms with van der Waals surface area (Å²) >= 11 is 0. The van der Waals surface area contributed by atoms with Crippen LogP contribution in [0.2, 0.25) is 0 Å². The summed E-state index contributed by atoms with van der Waals surface area (Å²) in [5.41, 5.74) is 35.4. The van der Waals surface area contributed by atoms with Crippen molar-refractivity contribution in [2.45, 2.75) is 62.3 Å². The van der Waals surface area contributed by atoms with E-state index in [0.717, 1.165) is 56.9 Å². The summed E-state index contributed by atoms with van der Waals surface area (Å²) < 4.78 is 17.1. The van der Waals surface area contributed by atoms with Gasteiger partial charge < -0.3 is 29.2 Å². The molecule has 7 heterocycles. The van der Waals surface area contributed by atoms with Gasteiger partial charge in [0.15, 0.2) is 0 Å². The van der Waals surface area contributed by atoms with Gasteiger partial charge in [0.2, 0.25) is 0 Å². The SMILES string of the molecule is Cc1cc(C)c(N2c3cc4c(cc3B3c5cc6c(cc5Oc5cc(C)cc2c53)N(c2c(C)cc(C)cc2C)c2cc(C)cc3c2B6c2ccccc2O3)B2c3c(cc(C)cc3-n3c5ccccc5c5cccc2c53)N4)c(C)c1. The number of nitrogens with one attached hydrogen (secondary N) is 1. The van der Waals surface area contributed by atoms with E-state index in [1.807, 2.05) is 0 Å². The van der Waals surface area contributed by atoms with Crippen molar-refractivity contribution in [2.24, 2.45) is 0 Å². The minimum Gasteiger partial charge on any atom is -0.458 e. The Morgan fingerprint density at radius 3 is 1.54 bits per heavy atom. The number of anilines is 8. The Kier molecular flexibility index (Phi) is 8.66. The van der Waals surface area contributed by atoms with E-state index in [1.165, 1.54) is 138 Å². The predicted octanol–water partition coefficient (Wildman–Crippen LogP) is 11.3. The van der Waals surface area contributed by atoms with Gasteiger partial charge in [-0.2, -0.15) is 0 Å². The molecule has 0 amide bonds. The third kappa shape index (κ3) is 5.70. The second-order valence-corrected chi connectivity index (χ2v) is 23.5. The highest BCUT2D eigenvalue weighted by Crippen LogP contribution is 2.49. The van der Waals surface area contributed by atoms with Crippen LogP contribution in [-0.4, -0.2) is 24.7 Å². The summed E-state index contributed by atoms with van der Waals surface area (Å²) in [6.07, 6.45) is 0. The van der Waals surface area contributed by atoms with Crippen LogP contribution in [0.1, 0.15) is 50.1 Å². The van der Waals surface area contributed by atoms with E-state index >= 15 is 0 Å². The molecule has 1 N–H and O–H groups in total. The summed E-state index contributed by atoms with van der Waals surface area (Å²) in [4.78, 5) is 5.11. The first-order chi connectivity index (χ1) is 37.9. The van der Waals surface area contributed by atoms with E-state index in [1.54, 1.807) is 0 Å². The summed E-state index contributed by atoms with van der Waals surface area (Å²) in [6.45, 7) is 19.9. The highest BCUT2D eigenvalue weighted by atomic mass is 16.5. The monoisotopic (exact) mass is 1000 g/mol. The Balaban J connectivity index is 0.978. The Bertz CT molecular complexity index is 4600. The number of benzene rings is 10. The molecule has 0 fully saturated rings. The highest BCUT2D eigenvalue weighted by molar-refractivity contribution is 7.04. The van der Waals surface area contributed by atoms with Gasteiger partial charge in [-0.25, -0.2) is 0 Å². The molecule has 0 unspecified atom stereocenters. The molecule has 17 rings (SSSR count). The molecular formula is C69H53B3N4O2. The average Bonchev–Trinajstić information content (AvgIpc) is 2.42. The number of ether oxygens (including phenoxy) is 2. The zero-order valence-electron chi connectivity index (χ0n) is 45.3. The molecule has 370 valence electrons. The van der Waals surface area contributed by atoms with Gasteiger partial charge in [-0.1, -0.05) is 102 Å². The smallest absolute Gasteiger partial charge is 0.256 e. The number of hydrogen-bond donors (Lipinski definition) is 1. The number of aryl methyl sites for hydroxylation is 9. The zero-order valence-corrected chi connectivity index (χ0v) is 45.3. The minimum atomic E-state index is -0.165. The lowest BCUT2D eigenvalue weighted by Crippen LogP contribution is -2.65. The van der Waals surface area contributed by atoms with Crippen LogP contribution in [0.5, 0.6) is 23.0 Å². The number of aromatic nitrogens is 1. The molecule has 0 aliphatic carbocycles. The molecule has 0 atom stereocenters. The maximum absolute atomic E-state index is 7.55.